The highest BCUT2D eigenvalue weighted by Crippen LogP contribution is 2.44. The number of ether oxygens (including phenoxy) is 2. The summed E-state index contributed by atoms with van der Waals surface area (Å²) in [5, 5.41) is 19.1. The van der Waals surface area contributed by atoms with Gasteiger partial charge < -0.3 is 19.7 Å². The topological polar surface area (TPSA) is 58.9 Å². The number of aliphatic hydroxyl groups excluding tert-OH is 2. The molecule has 2 atom stereocenters. The van der Waals surface area contributed by atoms with Gasteiger partial charge in [-0.1, -0.05) is 41.5 Å². The zero-order valence-corrected chi connectivity index (χ0v) is 16.4. The lowest BCUT2D eigenvalue weighted by atomic mass is 9.74. The maximum Gasteiger partial charge on any atom is 0.123 e. The molecular formula is C20H34O4. The Kier molecular flexibility index (Phi) is 6.71. The minimum Gasteiger partial charge on any atom is -0.491 e. The van der Waals surface area contributed by atoms with E-state index in [9.17, 15) is 10.2 Å². The molecule has 0 heterocycles. The van der Waals surface area contributed by atoms with Gasteiger partial charge in [-0.05, 0) is 36.8 Å². The zero-order valence-electron chi connectivity index (χ0n) is 16.4. The largest absolute Gasteiger partial charge is 0.491 e. The predicted molar refractivity (Wildman–Crippen MR) is 98.2 cm³/mol. The Morgan fingerprint density at radius 2 is 1.04 bits per heavy atom. The molecule has 0 saturated heterocycles. The Morgan fingerprint density at radius 3 is 1.25 bits per heavy atom. The molecule has 138 valence electrons. The van der Waals surface area contributed by atoms with Gasteiger partial charge in [0.25, 0.3) is 0 Å². The molecule has 1 aromatic carbocycles. The van der Waals surface area contributed by atoms with Crippen molar-refractivity contribution in [2.75, 3.05) is 13.2 Å². The first-order chi connectivity index (χ1) is 10.8. The summed E-state index contributed by atoms with van der Waals surface area (Å²) in [4.78, 5) is 0. The van der Waals surface area contributed by atoms with Crippen molar-refractivity contribution < 1.29 is 19.7 Å². The number of benzene rings is 1. The molecular weight excluding hydrogens is 304 g/mol. The quantitative estimate of drug-likeness (QED) is 0.828. The molecule has 1 rings (SSSR count). The summed E-state index contributed by atoms with van der Waals surface area (Å²) < 4.78 is 11.8. The lowest BCUT2D eigenvalue weighted by Gasteiger charge is -2.34. The summed E-state index contributed by atoms with van der Waals surface area (Å²) in [6.45, 7) is 16.8. The summed E-state index contributed by atoms with van der Waals surface area (Å²) in [5.41, 5.74) is 1.86. The Labute approximate surface area is 146 Å². The second kappa shape index (κ2) is 7.75. The second-order valence-corrected chi connectivity index (χ2v) is 8.63. The molecule has 0 aliphatic heterocycles. The summed E-state index contributed by atoms with van der Waals surface area (Å²) >= 11 is 0. The lowest BCUT2D eigenvalue weighted by molar-refractivity contribution is 0.118. The van der Waals surface area contributed by atoms with Gasteiger partial charge in [-0.25, -0.2) is 0 Å². The Bertz CT molecular complexity index is 485. The van der Waals surface area contributed by atoms with Crippen LogP contribution in [0.1, 0.15) is 66.5 Å². The molecule has 0 aliphatic rings. The van der Waals surface area contributed by atoms with Crippen molar-refractivity contribution in [1.29, 1.82) is 0 Å². The van der Waals surface area contributed by atoms with Crippen LogP contribution in [0.25, 0.3) is 0 Å². The highest BCUT2D eigenvalue weighted by Gasteiger charge is 2.32. The van der Waals surface area contributed by atoms with Crippen LogP contribution < -0.4 is 9.47 Å². The van der Waals surface area contributed by atoms with Crippen molar-refractivity contribution in [2.24, 2.45) is 0 Å². The third kappa shape index (κ3) is 5.67. The number of aliphatic hydroxyl groups is 2. The van der Waals surface area contributed by atoms with Crippen molar-refractivity contribution in [1.82, 2.24) is 0 Å². The fraction of sp³-hybridized carbons (Fsp3) is 0.700. The van der Waals surface area contributed by atoms with Gasteiger partial charge in [-0.15, -0.1) is 0 Å². The standard InChI is InChI=1S/C20H34O4/c1-13(21)11-23-15-9-10-16(24-12-14(2)22)18(20(6,7)8)17(15)19(3,4)5/h9-10,13-14,21-22H,11-12H2,1-8H3. The van der Waals surface area contributed by atoms with E-state index in [1.54, 1.807) is 13.8 Å². The molecule has 0 radical (unpaired) electrons. The SMILES string of the molecule is CC(O)COc1ccc(OCC(C)O)c(C(C)(C)C)c1C(C)(C)C. The highest BCUT2D eigenvalue weighted by molar-refractivity contribution is 5.55. The van der Waals surface area contributed by atoms with E-state index < -0.39 is 12.2 Å². The smallest absolute Gasteiger partial charge is 0.123 e. The minimum absolute atomic E-state index is 0.152. The second-order valence-electron chi connectivity index (χ2n) is 8.63. The molecule has 0 bridgehead atoms. The van der Waals surface area contributed by atoms with Crippen LogP contribution in [0.15, 0.2) is 12.1 Å². The van der Waals surface area contributed by atoms with Gasteiger partial charge in [-0.2, -0.15) is 0 Å². The normalized spacial score (nSPS) is 15.1. The van der Waals surface area contributed by atoms with Crippen molar-refractivity contribution in [2.45, 2.75) is 78.4 Å². The fourth-order valence-corrected chi connectivity index (χ4v) is 2.71. The van der Waals surface area contributed by atoms with Crippen LogP contribution in [0.5, 0.6) is 11.5 Å². The van der Waals surface area contributed by atoms with Crippen LogP contribution in [0.3, 0.4) is 0 Å². The molecule has 0 amide bonds. The molecule has 2 N–H and O–H groups in total. The van der Waals surface area contributed by atoms with E-state index in [-0.39, 0.29) is 24.0 Å². The molecule has 0 spiro atoms. The maximum absolute atomic E-state index is 9.56. The Hall–Kier alpha value is -1.26. The Balaban J connectivity index is 3.49. The molecule has 0 saturated carbocycles. The third-order valence-electron chi connectivity index (χ3n) is 3.59. The molecule has 2 unspecified atom stereocenters. The fourth-order valence-electron chi connectivity index (χ4n) is 2.71. The average Bonchev–Trinajstić information content (AvgIpc) is 2.40. The number of rotatable bonds is 6. The van der Waals surface area contributed by atoms with E-state index in [2.05, 4.69) is 41.5 Å². The van der Waals surface area contributed by atoms with Crippen LogP contribution in [0.2, 0.25) is 0 Å². The predicted octanol–water partition coefficient (Wildman–Crippen LogP) is 3.80. The van der Waals surface area contributed by atoms with E-state index in [0.717, 1.165) is 22.6 Å². The van der Waals surface area contributed by atoms with Gasteiger partial charge in [0.2, 0.25) is 0 Å². The lowest BCUT2D eigenvalue weighted by Crippen LogP contribution is -2.26. The summed E-state index contributed by atoms with van der Waals surface area (Å²) in [5.74, 6) is 1.55. The molecule has 0 aliphatic carbocycles. The molecule has 1 aromatic rings. The highest BCUT2D eigenvalue weighted by atomic mass is 16.5. The van der Waals surface area contributed by atoms with E-state index in [1.807, 2.05) is 12.1 Å². The molecule has 4 heteroatoms. The molecule has 0 fully saturated rings. The number of hydrogen-bond donors (Lipinski definition) is 2. The monoisotopic (exact) mass is 338 g/mol. The van der Waals surface area contributed by atoms with E-state index in [1.165, 1.54) is 0 Å². The first-order valence-corrected chi connectivity index (χ1v) is 8.63. The van der Waals surface area contributed by atoms with Gasteiger partial charge in [0.1, 0.15) is 24.7 Å². The van der Waals surface area contributed by atoms with Crippen molar-refractivity contribution in [3.63, 3.8) is 0 Å². The minimum atomic E-state index is -0.526. The van der Waals surface area contributed by atoms with Crippen LogP contribution in [-0.2, 0) is 10.8 Å². The van der Waals surface area contributed by atoms with E-state index in [0.29, 0.717) is 0 Å². The van der Waals surface area contributed by atoms with E-state index >= 15 is 0 Å². The van der Waals surface area contributed by atoms with Gasteiger partial charge >= 0.3 is 0 Å². The van der Waals surface area contributed by atoms with Gasteiger partial charge in [0, 0.05) is 11.1 Å². The molecule has 0 aromatic heterocycles. The van der Waals surface area contributed by atoms with Crippen LogP contribution in [0, 0.1) is 0 Å². The summed E-state index contributed by atoms with van der Waals surface area (Å²) in [6, 6.07) is 3.80. The van der Waals surface area contributed by atoms with Gasteiger partial charge in [0.05, 0.1) is 12.2 Å². The average molecular weight is 338 g/mol. The van der Waals surface area contributed by atoms with Gasteiger partial charge in [-0.3, -0.25) is 0 Å². The molecule has 24 heavy (non-hydrogen) atoms. The van der Waals surface area contributed by atoms with Crippen molar-refractivity contribution in [3.05, 3.63) is 23.3 Å². The van der Waals surface area contributed by atoms with Crippen LogP contribution in [-0.4, -0.2) is 35.6 Å². The maximum atomic E-state index is 9.56. The van der Waals surface area contributed by atoms with E-state index in [4.69, 9.17) is 9.47 Å². The summed E-state index contributed by atoms with van der Waals surface area (Å²) in [6.07, 6.45) is -1.05. The number of hydrogen-bond acceptors (Lipinski definition) is 4. The van der Waals surface area contributed by atoms with Crippen LogP contribution >= 0.6 is 0 Å². The van der Waals surface area contributed by atoms with Crippen LogP contribution in [0.4, 0.5) is 0 Å². The Morgan fingerprint density at radius 1 is 0.750 bits per heavy atom. The molecule has 4 nitrogen and oxygen atoms in total. The van der Waals surface area contributed by atoms with Crippen molar-refractivity contribution in [3.8, 4) is 11.5 Å². The summed E-state index contributed by atoms with van der Waals surface area (Å²) in [7, 11) is 0. The first-order valence-electron chi connectivity index (χ1n) is 8.63. The first kappa shape index (κ1) is 20.8. The third-order valence-corrected chi connectivity index (χ3v) is 3.59. The van der Waals surface area contributed by atoms with Crippen molar-refractivity contribution >= 4 is 0 Å². The van der Waals surface area contributed by atoms with Gasteiger partial charge in [0.15, 0.2) is 0 Å². The zero-order chi connectivity index (χ0) is 18.7.